The van der Waals surface area contributed by atoms with Gasteiger partial charge in [-0.1, -0.05) is 0 Å². The van der Waals surface area contributed by atoms with Gasteiger partial charge in [-0.2, -0.15) is 5.10 Å². The van der Waals surface area contributed by atoms with E-state index in [1.807, 2.05) is 33.5 Å². The lowest BCUT2D eigenvalue weighted by molar-refractivity contribution is -0.132. The lowest BCUT2D eigenvalue weighted by Gasteiger charge is -2.32. The van der Waals surface area contributed by atoms with Crippen LogP contribution in [0.4, 0.5) is 0 Å². The molecule has 1 saturated heterocycles. The summed E-state index contributed by atoms with van der Waals surface area (Å²) in [6.07, 6.45) is 7.53. The van der Waals surface area contributed by atoms with Crippen LogP contribution in [0.15, 0.2) is 24.8 Å². The average molecular weight is 370 g/mol. The summed E-state index contributed by atoms with van der Waals surface area (Å²) in [5.41, 5.74) is 0. The molecule has 4 rings (SSSR count). The van der Waals surface area contributed by atoms with Gasteiger partial charge in [0.25, 0.3) is 0 Å². The monoisotopic (exact) mass is 370 g/mol. The van der Waals surface area contributed by atoms with Crippen LogP contribution in [0.3, 0.4) is 0 Å². The van der Waals surface area contributed by atoms with Gasteiger partial charge in [0.15, 0.2) is 5.82 Å². The molecule has 1 aliphatic rings. The average Bonchev–Trinajstić information content (AvgIpc) is 3.44. The molecule has 11 heteroatoms. The van der Waals surface area contributed by atoms with Crippen LogP contribution >= 0.6 is 0 Å². The molecule has 0 unspecified atom stereocenters. The maximum atomic E-state index is 12.6. The largest absolute Gasteiger partial charge is 0.342 e. The molecule has 3 aromatic rings. The molecular weight excluding hydrogens is 348 g/mol. The predicted octanol–water partition coefficient (Wildman–Crippen LogP) is -0.157. The second-order valence-corrected chi connectivity index (χ2v) is 6.74. The highest BCUT2D eigenvalue weighted by Crippen LogP contribution is 2.26. The minimum Gasteiger partial charge on any atom is -0.342 e. The molecular formula is C16H22N10O. The van der Waals surface area contributed by atoms with E-state index < -0.39 is 0 Å². The van der Waals surface area contributed by atoms with E-state index >= 15 is 0 Å². The number of hydrogen-bond acceptors (Lipinski definition) is 7. The number of amides is 1. The summed E-state index contributed by atoms with van der Waals surface area (Å²) in [5, 5.41) is 23.9. The fourth-order valence-corrected chi connectivity index (χ4v) is 3.47. The zero-order chi connectivity index (χ0) is 18.6. The van der Waals surface area contributed by atoms with Crippen molar-refractivity contribution in [2.45, 2.75) is 38.3 Å². The lowest BCUT2D eigenvalue weighted by Crippen LogP contribution is -2.40. The third-order valence-electron chi connectivity index (χ3n) is 4.95. The van der Waals surface area contributed by atoms with Crippen LogP contribution in [-0.2, 0) is 24.9 Å². The predicted molar refractivity (Wildman–Crippen MR) is 93.3 cm³/mol. The molecule has 0 aromatic carbocycles. The van der Waals surface area contributed by atoms with E-state index in [4.69, 9.17) is 0 Å². The number of tetrazole rings is 1. The molecule has 1 amide bonds. The summed E-state index contributed by atoms with van der Waals surface area (Å²) in [6.45, 7) is 2.52. The highest BCUT2D eigenvalue weighted by Gasteiger charge is 2.28. The van der Waals surface area contributed by atoms with Crippen LogP contribution in [0.25, 0.3) is 0 Å². The fraction of sp³-hybridized carbons (Fsp3) is 0.562. The summed E-state index contributed by atoms with van der Waals surface area (Å²) < 4.78 is 5.43. The Bertz CT molecular complexity index is 869. The Morgan fingerprint density at radius 3 is 3.00 bits per heavy atom. The second-order valence-electron chi connectivity index (χ2n) is 6.74. The normalized spacial score (nSPS) is 17.4. The maximum Gasteiger partial charge on any atom is 0.224 e. The van der Waals surface area contributed by atoms with Gasteiger partial charge >= 0.3 is 0 Å². The Morgan fingerprint density at radius 1 is 1.30 bits per heavy atom. The van der Waals surface area contributed by atoms with E-state index in [-0.39, 0.29) is 11.8 Å². The van der Waals surface area contributed by atoms with Crippen LogP contribution in [0.5, 0.6) is 0 Å². The number of hydrogen-bond donors (Lipinski definition) is 0. The summed E-state index contributed by atoms with van der Waals surface area (Å²) in [7, 11) is 1.98. The minimum absolute atomic E-state index is 0.120. The molecule has 142 valence electrons. The third-order valence-corrected chi connectivity index (χ3v) is 4.95. The fourth-order valence-electron chi connectivity index (χ4n) is 3.47. The van der Waals surface area contributed by atoms with Gasteiger partial charge < -0.3 is 9.47 Å². The van der Waals surface area contributed by atoms with Gasteiger partial charge in [0.2, 0.25) is 5.91 Å². The zero-order valence-electron chi connectivity index (χ0n) is 15.2. The number of piperidine rings is 1. The van der Waals surface area contributed by atoms with Crippen LogP contribution in [0, 0.1) is 0 Å². The summed E-state index contributed by atoms with van der Waals surface area (Å²) in [4.78, 5) is 14.5. The maximum absolute atomic E-state index is 12.6. The molecule has 4 heterocycles. The van der Waals surface area contributed by atoms with Gasteiger partial charge in [0.1, 0.15) is 18.7 Å². The minimum atomic E-state index is 0.120. The zero-order valence-corrected chi connectivity index (χ0v) is 15.2. The highest BCUT2D eigenvalue weighted by atomic mass is 16.2. The van der Waals surface area contributed by atoms with Crippen molar-refractivity contribution in [1.82, 2.24) is 49.7 Å². The van der Waals surface area contributed by atoms with E-state index in [0.717, 1.165) is 31.0 Å². The Hall–Kier alpha value is -3.11. The van der Waals surface area contributed by atoms with Crippen molar-refractivity contribution in [2.75, 3.05) is 13.1 Å². The molecule has 1 aliphatic heterocycles. The number of aromatic nitrogens is 9. The van der Waals surface area contributed by atoms with Crippen LogP contribution in [0.1, 0.15) is 36.8 Å². The quantitative estimate of drug-likeness (QED) is 0.593. The van der Waals surface area contributed by atoms with Crippen LogP contribution in [0.2, 0.25) is 0 Å². The molecule has 0 bridgehead atoms. The van der Waals surface area contributed by atoms with Gasteiger partial charge in [-0.15, -0.1) is 15.3 Å². The number of likely N-dealkylation sites (tertiary alicyclic amines) is 1. The van der Waals surface area contributed by atoms with Crippen molar-refractivity contribution < 1.29 is 4.79 Å². The summed E-state index contributed by atoms with van der Waals surface area (Å²) in [5.74, 6) is 2.10. The molecule has 0 radical (unpaired) electrons. The van der Waals surface area contributed by atoms with Gasteiger partial charge in [0.05, 0.1) is 6.54 Å². The van der Waals surface area contributed by atoms with E-state index in [2.05, 4.69) is 30.8 Å². The van der Waals surface area contributed by atoms with Crippen LogP contribution < -0.4 is 0 Å². The summed E-state index contributed by atoms with van der Waals surface area (Å²) in [6, 6.07) is 1.89. The Kier molecular flexibility index (Phi) is 4.90. The topological polar surface area (TPSA) is 112 Å². The lowest BCUT2D eigenvalue weighted by atomic mass is 9.97. The molecule has 11 nitrogen and oxygen atoms in total. The Morgan fingerprint density at radius 2 is 2.22 bits per heavy atom. The number of rotatable bonds is 6. The molecule has 0 spiro atoms. The molecule has 0 N–H and O–H groups in total. The number of aryl methyl sites for hydroxylation is 1. The number of nitrogens with zero attached hydrogens (tertiary/aromatic N) is 10. The first-order valence-corrected chi connectivity index (χ1v) is 9.05. The van der Waals surface area contributed by atoms with Gasteiger partial charge in [-0.25, -0.2) is 4.68 Å². The van der Waals surface area contributed by atoms with E-state index in [9.17, 15) is 4.79 Å². The molecule has 3 aromatic heterocycles. The molecule has 27 heavy (non-hydrogen) atoms. The van der Waals surface area contributed by atoms with Crippen molar-refractivity contribution in [3.8, 4) is 0 Å². The van der Waals surface area contributed by atoms with Gasteiger partial charge in [-0.05, 0) is 29.3 Å². The van der Waals surface area contributed by atoms with Crippen molar-refractivity contribution in [3.05, 3.63) is 36.4 Å². The Labute approximate surface area is 156 Å². The van der Waals surface area contributed by atoms with E-state index in [0.29, 0.717) is 26.1 Å². The molecule has 1 fully saturated rings. The molecule has 0 saturated carbocycles. The standard InChI is InChI=1S/C16H22N10O/c1-23-14(11-25-8-3-6-18-25)19-20-16(23)13-4-2-7-24(10-13)15(27)5-9-26-12-17-21-22-26/h3,6,8,12-13H,2,4-5,7,9-11H2,1H3/t13-/m0/s1. The highest BCUT2D eigenvalue weighted by molar-refractivity contribution is 5.76. The first kappa shape index (κ1) is 17.3. The smallest absolute Gasteiger partial charge is 0.224 e. The van der Waals surface area contributed by atoms with Crippen molar-refractivity contribution in [1.29, 1.82) is 0 Å². The van der Waals surface area contributed by atoms with Gasteiger partial charge in [-0.3, -0.25) is 9.48 Å². The first-order valence-electron chi connectivity index (χ1n) is 9.05. The van der Waals surface area contributed by atoms with Crippen molar-refractivity contribution >= 4 is 5.91 Å². The van der Waals surface area contributed by atoms with E-state index in [1.54, 1.807) is 10.9 Å². The molecule has 1 atom stereocenters. The van der Waals surface area contributed by atoms with Crippen LogP contribution in [-0.4, -0.2) is 68.6 Å². The summed E-state index contributed by atoms with van der Waals surface area (Å²) >= 11 is 0. The first-order chi connectivity index (χ1) is 13.2. The molecule has 0 aliphatic carbocycles. The Balaban J connectivity index is 1.39. The van der Waals surface area contributed by atoms with Gasteiger partial charge in [0, 0.05) is 44.9 Å². The SMILES string of the molecule is Cn1c(Cn2cccn2)nnc1[C@H]1CCCN(C(=O)CCn2cnnn2)C1. The second kappa shape index (κ2) is 7.64. The number of carbonyl (C=O) groups excluding carboxylic acids is 1. The van der Waals surface area contributed by atoms with Crippen molar-refractivity contribution in [2.24, 2.45) is 7.05 Å². The van der Waals surface area contributed by atoms with E-state index in [1.165, 1.54) is 6.33 Å². The van der Waals surface area contributed by atoms with Crippen molar-refractivity contribution in [3.63, 3.8) is 0 Å². The number of carbonyl (C=O) groups is 1. The third kappa shape index (κ3) is 3.86.